The van der Waals surface area contributed by atoms with E-state index < -0.39 is 0 Å². The fourth-order valence-corrected chi connectivity index (χ4v) is 1.96. The first kappa shape index (κ1) is 13.5. The number of nitrogen functional groups attached to an aromatic ring is 1. The molecule has 4 nitrogen and oxygen atoms in total. The van der Waals surface area contributed by atoms with Gasteiger partial charge in [0.15, 0.2) is 0 Å². The molecule has 0 aliphatic carbocycles. The van der Waals surface area contributed by atoms with Crippen LogP contribution in [0.2, 0.25) is 0 Å². The molecule has 0 radical (unpaired) electrons. The molecule has 0 unspecified atom stereocenters. The van der Waals surface area contributed by atoms with Gasteiger partial charge in [-0.1, -0.05) is 0 Å². The first-order valence-electron chi connectivity index (χ1n) is 5.76. The summed E-state index contributed by atoms with van der Waals surface area (Å²) in [4.78, 5) is 16.2. The molecule has 0 atom stereocenters. The summed E-state index contributed by atoms with van der Waals surface area (Å²) in [6.07, 6.45) is 1.66. The minimum Gasteiger partial charge on any atom is -0.399 e. The summed E-state index contributed by atoms with van der Waals surface area (Å²) in [5.74, 6) is 0.301. The molecule has 1 heterocycles. The van der Waals surface area contributed by atoms with Crippen LogP contribution in [-0.4, -0.2) is 10.9 Å². The number of carbonyl (C=O) groups is 1. The number of pyridine rings is 1. The molecule has 0 aliphatic rings. The molecular weight excluding hydrogens is 306 g/mol. The van der Waals surface area contributed by atoms with E-state index in [1.807, 2.05) is 19.9 Å². The molecule has 0 spiro atoms. The second-order valence-electron chi connectivity index (χ2n) is 4.41. The number of aromatic nitrogens is 1. The van der Waals surface area contributed by atoms with E-state index >= 15 is 0 Å². The van der Waals surface area contributed by atoms with Gasteiger partial charge in [-0.15, -0.1) is 0 Å². The lowest BCUT2D eigenvalue weighted by atomic mass is 10.1. The lowest BCUT2D eigenvalue weighted by Gasteiger charge is -2.07. The summed E-state index contributed by atoms with van der Waals surface area (Å²) >= 11 is 3.37. The first-order chi connectivity index (χ1) is 8.95. The van der Waals surface area contributed by atoms with Crippen molar-refractivity contribution in [2.24, 2.45) is 0 Å². The number of nitrogens with zero attached hydrogens (tertiary/aromatic N) is 1. The van der Waals surface area contributed by atoms with Gasteiger partial charge in [0.25, 0.3) is 5.91 Å². The van der Waals surface area contributed by atoms with Crippen LogP contribution in [0.3, 0.4) is 0 Å². The van der Waals surface area contributed by atoms with Crippen LogP contribution in [0.4, 0.5) is 11.5 Å². The van der Waals surface area contributed by atoms with Gasteiger partial charge in [-0.2, -0.15) is 0 Å². The smallest absolute Gasteiger partial charge is 0.256 e. The molecule has 0 bridgehead atoms. The Kier molecular flexibility index (Phi) is 3.85. The molecule has 0 saturated carbocycles. The Morgan fingerprint density at radius 2 is 2.00 bits per heavy atom. The largest absolute Gasteiger partial charge is 0.399 e. The molecule has 0 saturated heterocycles. The third kappa shape index (κ3) is 3.32. The molecule has 0 aliphatic heterocycles. The van der Waals surface area contributed by atoms with Crippen molar-refractivity contribution in [1.82, 2.24) is 4.98 Å². The number of rotatable bonds is 2. The minimum atomic E-state index is -0.218. The van der Waals surface area contributed by atoms with Gasteiger partial charge in [0, 0.05) is 21.9 Å². The highest BCUT2D eigenvalue weighted by atomic mass is 79.9. The Bertz CT molecular complexity index is 620. The highest BCUT2D eigenvalue weighted by Gasteiger charge is 2.08. The molecule has 98 valence electrons. The third-order valence-corrected chi connectivity index (χ3v) is 3.48. The van der Waals surface area contributed by atoms with Gasteiger partial charge < -0.3 is 11.1 Å². The summed E-state index contributed by atoms with van der Waals surface area (Å²) in [5, 5.41) is 2.75. The zero-order chi connectivity index (χ0) is 14.0. The summed E-state index contributed by atoms with van der Waals surface area (Å²) in [5.41, 5.74) is 8.79. The minimum absolute atomic E-state index is 0.218. The average molecular weight is 320 g/mol. The van der Waals surface area contributed by atoms with Crippen LogP contribution in [0.5, 0.6) is 0 Å². The average Bonchev–Trinajstić information content (AvgIpc) is 2.32. The number of anilines is 2. The van der Waals surface area contributed by atoms with Crippen LogP contribution in [-0.2, 0) is 0 Å². The molecule has 0 fully saturated rings. The zero-order valence-corrected chi connectivity index (χ0v) is 12.3. The summed E-state index contributed by atoms with van der Waals surface area (Å²) in [7, 11) is 0. The summed E-state index contributed by atoms with van der Waals surface area (Å²) in [6, 6.07) is 7.06. The summed E-state index contributed by atoms with van der Waals surface area (Å²) < 4.78 is 0.908. The number of halogens is 1. The van der Waals surface area contributed by atoms with Crippen molar-refractivity contribution in [2.45, 2.75) is 13.8 Å². The van der Waals surface area contributed by atoms with Gasteiger partial charge in [0.05, 0.1) is 0 Å². The Morgan fingerprint density at radius 1 is 1.26 bits per heavy atom. The van der Waals surface area contributed by atoms with Gasteiger partial charge in [-0.05, 0) is 65.2 Å². The van der Waals surface area contributed by atoms with Crippen molar-refractivity contribution in [3.63, 3.8) is 0 Å². The Balaban J connectivity index is 2.22. The van der Waals surface area contributed by atoms with E-state index in [1.165, 1.54) is 0 Å². The maximum absolute atomic E-state index is 12.1. The molecule has 5 heteroatoms. The molecule has 2 aromatic rings. The highest BCUT2D eigenvalue weighted by Crippen LogP contribution is 2.18. The maximum atomic E-state index is 12.1. The van der Waals surface area contributed by atoms with Crippen LogP contribution in [0.15, 0.2) is 34.9 Å². The van der Waals surface area contributed by atoms with Gasteiger partial charge in [-0.25, -0.2) is 4.98 Å². The second-order valence-corrected chi connectivity index (χ2v) is 5.26. The van der Waals surface area contributed by atoms with Crippen LogP contribution < -0.4 is 11.1 Å². The number of carbonyl (C=O) groups excluding carboxylic acids is 1. The van der Waals surface area contributed by atoms with Crippen molar-refractivity contribution in [1.29, 1.82) is 0 Å². The number of nitrogens with two attached hydrogens (primary N) is 1. The topological polar surface area (TPSA) is 68.0 Å². The number of benzene rings is 1. The molecule has 1 aromatic heterocycles. The van der Waals surface area contributed by atoms with E-state index in [1.54, 1.807) is 24.4 Å². The predicted molar refractivity (Wildman–Crippen MR) is 80.2 cm³/mol. The molecule has 2 rings (SSSR count). The first-order valence-corrected chi connectivity index (χ1v) is 6.55. The lowest BCUT2D eigenvalue weighted by Crippen LogP contribution is -2.13. The Morgan fingerprint density at radius 3 is 2.63 bits per heavy atom. The molecule has 1 aromatic carbocycles. The number of amides is 1. The standard InChI is InChI=1S/C14H14BrN3O/c1-8-3-10(6-11(16)4-8)14(19)18-13-5-9(2)12(15)7-17-13/h3-7H,16H2,1-2H3,(H,17,18,19). The van der Waals surface area contributed by atoms with Crippen molar-refractivity contribution in [2.75, 3.05) is 11.1 Å². The normalized spacial score (nSPS) is 10.3. The van der Waals surface area contributed by atoms with Gasteiger partial charge in [0.1, 0.15) is 5.82 Å². The molecular formula is C14H14BrN3O. The van der Waals surface area contributed by atoms with Crippen LogP contribution in [0.1, 0.15) is 21.5 Å². The van der Waals surface area contributed by atoms with Crippen LogP contribution in [0.25, 0.3) is 0 Å². The van der Waals surface area contributed by atoms with Crippen molar-refractivity contribution < 1.29 is 4.79 Å². The lowest BCUT2D eigenvalue weighted by molar-refractivity contribution is 0.102. The summed E-state index contributed by atoms with van der Waals surface area (Å²) in [6.45, 7) is 3.83. The molecule has 19 heavy (non-hydrogen) atoms. The van der Waals surface area contributed by atoms with Crippen LogP contribution in [0, 0.1) is 13.8 Å². The molecule has 1 amide bonds. The van der Waals surface area contributed by atoms with E-state index in [9.17, 15) is 4.79 Å². The van der Waals surface area contributed by atoms with E-state index in [-0.39, 0.29) is 5.91 Å². The van der Waals surface area contributed by atoms with Crippen molar-refractivity contribution >= 4 is 33.3 Å². The monoisotopic (exact) mass is 319 g/mol. The van der Waals surface area contributed by atoms with Gasteiger partial charge >= 0.3 is 0 Å². The maximum Gasteiger partial charge on any atom is 0.256 e. The van der Waals surface area contributed by atoms with Crippen molar-refractivity contribution in [3.8, 4) is 0 Å². The fraction of sp³-hybridized carbons (Fsp3) is 0.143. The van der Waals surface area contributed by atoms with E-state index in [2.05, 4.69) is 26.2 Å². The van der Waals surface area contributed by atoms with Gasteiger partial charge in [0.2, 0.25) is 0 Å². The Labute approximate surface area is 120 Å². The van der Waals surface area contributed by atoms with E-state index in [0.29, 0.717) is 17.1 Å². The Hall–Kier alpha value is -1.88. The number of aryl methyl sites for hydroxylation is 2. The number of hydrogen-bond acceptors (Lipinski definition) is 3. The second kappa shape index (κ2) is 5.40. The van der Waals surface area contributed by atoms with Gasteiger partial charge in [-0.3, -0.25) is 4.79 Å². The third-order valence-electron chi connectivity index (χ3n) is 2.65. The van der Waals surface area contributed by atoms with E-state index in [4.69, 9.17) is 5.73 Å². The molecule has 3 N–H and O–H groups in total. The van der Waals surface area contributed by atoms with Crippen LogP contribution >= 0.6 is 15.9 Å². The van der Waals surface area contributed by atoms with Crippen molar-refractivity contribution in [3.05, 3.63) is 51.6 Å². The predicted octanol–water partition coefficient (Wildman–Crippen LogP) is 3.30. The quantitative estimate of drug-likeness (QED) is 0.834. The SMILES string of the molecule is Cc1cc(N)cc(C(=O)Nc2cc(C)c(Br)cn2)c1. The highest BCUT2D eigenvalue weighted by molar-refractivity contribution is 9.10. The number of nitrogens with one attached hydrogen (secondary N) is 1. The fourth-order valence-electron chi connectivity index (χ4n) is 1.74. The zero-order valence-electron chi connectivity index (χ0n) is 10.7. The number of hydrogen-bond donors (Lipinski definition) is 2. The van der Waals surface area contributed by atoms with E-state index in [0.717, 1.165) is 15.6 Å².